The Morgan fingerprint density at radius 3 is 3.00 bits per heavy atom. The summed E-state index contributed by atoms with van der Waals surface area (Å²) in [6, 6.07) is 2.11. The summed E-state index contributed by atoms with van der Waals surface area (Å²) >= 11 is 0. The van der Waals surface area contributed by atoms with Crippen LogP contribution in [-0.2, 0) is 4.74 Å². The number of hydrogen-bond donors (Lipinski definition) is 1. The predicted molar refractivity (Wildman–Crippen MR) is 64.3 cm³/mol. The summed E-state index contributed by atoms with van der Waals surface area (Å²) in [5.41, 5.74) is 2.01. The monoisotopic (exact) mass is 248 g/mol. The van der Waals surface area contributed by atoms with Crippen molar-refractivity contribution in [2.45, 2.75) is 20.0 Å². The van der Waals surface area contributed by atoms with E-state index in [1.165, 1.54) is 0 Å². The highest BCUT2D eigenvalue weighted by molar-refractivity contribution is 5.44. The van der Waals surface area contributed by atoms with E-state index in [4.69, 9.17) is 14.7 Å². The molecule has 6 nitrogen and oxygen atoms in total. The zero-order valence-electron chi connectivity index (χ0n) is 10.6. The molecule has 1 aliphatic rings. The van der Waals surface area contributed by atoms with E-state index in [9.17, 15) is 0 Å². The lowest BCUT2D eigenvalue weighted by atomic mass is 10.1. The Morgan fingerprint density at radius 2 is 2.33 bits per heavy atom. The molecule has 0 saturated carbocycles. The van der Waals surface area contributed by atoms with Crippen LogP contribution in [0.5, 0.6) is 5.88 Å². The largest absolute Gasteiger partial charge is 0.473 e. The predicted octanol–water partition coefficient (Wildman–Crippen LogP) is 0.332. The summed E-state index contributed by atoms with van der Waals surface area (Å²) in [4.78, 5) is 0. The first-order chi connectivity index (χ1) is 8.72. The van der Waals surface area contributed by atoms with Gasteiger partial charge in [-0.25, -0.2) is 0 Å². The first kappa shape index (κ1) is 12.7. The minimum absolute atomic E-state index is 0.00583. The van der Waals surface area contributed by atoms with Crippen LogP contribution in [0.1, 0.15) is 16.8 Å². The van der Waals surface area contributed by atoms with Crippen LogP contribution >= 0.6 is 0 Å². The van der Waals surface area contributed by atoms with E-state index in [0.29, 0.717) is 18.8 Å². The number of nitrogens with one attached hydrogen (secondary N) is 1. The number of rotatable bonds is 3. The fourth-order valence-electron chi connectivity index (χ4n) is 1.72. The number of aromatic nitrogens is 2. The summed E-state index contributed by atoms with van der Waals surface area (Å²) < 4.78 is 11.1. The maximum atomic E-state index is 9.12. The van der Waals surface area contributed by atoms with Crippen LogP contribution in [-0.4, -0.2) is 42.6 Å². The second-order valence-electron chi connectivity index (χ2n) is 4.21. The highest BCUT2D eigenvalue weighted by Gasteiger charge is 2.17. The number of morpholine rings is 1. The smallest absolute Gasteiger partial charge is 0.251 e. The number of ether oxygens (including phenoxy) is 2. The van der Waals surface area contributed by atoms with Gasteiger partial charge in [0.15, 0.2) is 0 Å². The highest BCUT2D eigenvalue weighted by Crippen LogP contribution is 2.19. The summed E-state index contributed by atoms with van der Waals surface area (Å²) in [6.45, 7) is 6.33. The van der Waals surface area contributed by atoms with Crippen LogP contribution in [0.3, 0.4) is 0 Å². The lowest BCUT2D eigenvalue weighted by molar-refractivity contribution is -0.00102. The van der Waals surface area contributed by atoms with Crippen LogP contribution in [0.4, 0.5) is 0 Å². The van der Waals surface area contributed by atoms with E-state index in [1.54, 1.807) is 0 Å². The molecule has 0 radical (unpaired) electrons. The van der Waals surface area contributed by atoms with Crippen molar-refractivity contribution in [3.8, 4) is 11.9 Å². The molecule has 2 rings (SSSR count). The lowest BCUT2D eigenvalue weighted by Gasteiger charge is -2.23. The molecule has 6 heteroatoms. The van der Waals surface area contributed by atoms with E-state index >= 15 is 0 Å². The third-order valence-electron chi connectivity index (χ3n) is 2.94. The standard InChI is InChI=1S/C12H16N4O2/c1-8-9(2)15-16-12(11(8)5-13)18-7-10-6-14-3-4-17-10/h10,14H,3-4,6-7H2,1-2H3. The first-order valence-corrected chi connectivity index (χ1v) is 5.91. The van der Waals surface area contributed by atoms with Gasteiger partial charge in [0.25, 0.3) is 5.88 Å². The Labute approximate surface area is 106 Å². The van der Waals surface area contributed by atoms with E-state index in [2.05, 4.69) is 21.6 Å². The van der Waals surface area contributed by atoms with Crippen molar-refractivity contribution < 1.29 is 9.47 Å². The molecule has 1 fully saturated rings. The van der Waals surface area contributed by atoms with Gasteiger partial charge in [0.05, 0.1) is 12.3 Å². The summed E-state index contributed by atoms with van der Waals surface area (Å²) in [7, 11) is 0. The average Bonchev–Trinajstić information content (AvgIpc) is 2.41. The second-order valence-corrected chi connectivity index (χ2v) is 4.21. The molecule has 0 aromatic carbocycles. The van der Waals surface area contributed by atoms with Crippen molar-refractivity contribution in [1.29, 1.82) is 5.26 Å². The SMILES string of the molecule is Cc1nnc(OCC2CNCCO2)c(C#N)c1C. The molecule has 18 heavy (non-hydrogen) atoms. The van der Waals surface area contributed by atoms with Gasteiger partial charge in [0.1, 0.15) is 24.3 Å². The van der Waals surface area contributed by atoms with Crippen LogP contribution in [0.2, 0.25) is 0 Å². The van der Waals surface area contributed by atoms with E-state index < -0.39 is 0 Å². The molecule has 0 aliphatic carbocycles. The number of hydrogen-bond acceptors (Lipinski definition) is 6. The molecule has 1 atom stereocenters. The molecule has 0 spiro atoms. The van der Waals surface area contributed by atoms with Gasteiger partial charge < -0.3 is 14.8 Å². The van der Waals surface area contributed by atoms with Gasteiger partial charge in [0.2, 0.25) is 0 Å². The van der Waals surface area contributed by atoms with E-state index in [-0.39, 0.29) is 12.0 Å². The molecule has 0 amide bonds. The molecule has 1 aromatic heterocycles. The molecular weight excluding hydrogens is 232 g/mol. The van der Waals surface area contributed by atoms with Crippen molar-refractivity contribution in [1.82, 2.24) is 15.5 Å². The van der Waals surface area contributed by atoms with Crippen LogP contribution in [0.15, 0.2) is 0 Å². The molecule has 0 bridgehead atoms. The Bertz CT molecular complexity index is 464. The van der Waals surface area contributed by atoms with Gasteiger partial charge in [-0.2, -0.15) is 10.4 Å². The third kappa shape index (κ3) is 2.75. The maximum absolute atomic E-state index is 9.12. The molecule has 96 valence electrons. The normalized spacial score (nSPS) is 19.3. The quantitative estimate of drug-likeness (QED) is 0.830. The molecule has 1 N–H and O–H groups in total. The second kappa shape index (κ2) is 5.76. The minimum Gasteiger partial charge on any atom is -0.473 e. The van der Waals surface area contributed by atoms with Crippen molar-refractivity contribution in [3.63, 3.8) is 0 Å². The van der Waals surface area contributed by atoms with Gasteiger partial charge in [0, 0.05) is 13.1 Å². The average molecular weight is 248 g/mol. The molecule has 1 saturated heterocycles. The van der Waals surface area contributed by atoms with Gasteiger partial charge in [-0.05, 0) is 19.4 Å². The molecule has 1 aromatic rings. The minimum atomic E-state index is -0.00583. The maximum Gasteiger partial charge on any atom is 0.251 e. The Morgan fingerprint density at radius 1 is 1.50 bits per heavy atom. The van der Waals surface area contributed by atoms with E-state index in [0.717, 1.165) is 24.3 Å². The summed E-state index contributed by atoms with van der Waals surface area (Å²) in [6.07, 6.45) is -0.00583. The Kier molecular flexibility index (Phi) is 4.07. The first-order valence-electron chi connectivity index (χ1n) is 5.91. The van der Waals surface area contributed by atoms with Crippen LogP contribution < -0.4 is 10.1 Å². The fraction of sp³-hybridized carbons (Fsp3) is 0.583. The van der Waals surface area contributed by atoms with Crippen LogP contribution in [0.25, 0.3) is 0 Å². The van der Waals surface area contributed by atoms with Crippen LogP contribution in [0, 0.1) is 25.2 Å². The number of nitriles is 1. The topological polar surface area (TPSA) is 80.1 Å². The summed E-state index contributed by atoms with van der Waals surface area (Å²) in [5, 5.41) is 20.2. The van der Waals surface area contributed by atoms with Gasteiger partial charge >= 0.3 is 0 Å². The number of aryl methyl sites for hydroxylation is 1. The number of nitrogens with zero attached hydrogens (tertiary/aromatic N) is 3. The van der Waals surface area contributed by atoms with Crippen molar-refractivity contribution in [2.75, 3.05) is 26.3 Å². The molecular formula is C12H16N4O2. The third-order valence-corrected chi connectivity index (χ3v) is 2.94. The Hall–Kier alpha value is -1.71. The van der Waals surface area contributed by atoms with Gasteiger partial charge in [-0.15, -0.1) is 5.10 Å². The lowest BCUT2D eigenvalue weighted by Crippen LogP contribution is -2.41. The van der Waals surface area contributed by atoms with Crippen molar-refractivity contribution in [2.24, 2.45) is 0 Å². The van der Waals surface area contributed by atoms with Gasteiger partial charge in [-0.1, -0.05) is 0 Å². The highest BCUT2D eigenvalue weighted by atomic mass is 16.5. The molecule has 2 heterocycles. The zero-order chi connectivity index (χ0) is 13.0. The van der Waals surface area contributed by atoms with Crippen molar-refractivity contribution >= 4 is 0 Å². The molecule has 1 unspecified atom stereocenters. The summed E-state index contributed by atoms with van der Waals surface area (Å²) in [5.74, 6) is 0.287. The van der Waals surface area contributed by atoms with Gasteiger partial charge in [-0.3, -0.25) is 0 Å². The fourth-order valence-corrected chi connectivity index (χ4v) is 1.72. The molecule has 1 aliphatic heterocycles. The Balaban J connectivity index is 2.05. The zero-order valence-corrected chi connectivity index (χ0v) is 10.6. The van der Waals surface area contributed by atoms with Crippen molar-refractivity contribution in [3.05, 3.63) is 16.8 Å². The van der Waals surface area contributed by atoms with E-state index in [1.807, 2.05) is 13.8 Å².